The van der Waals surface area contributed by atoms with Gasteiger partial charge in [-0.3, -0.25) is 9.59 Å². The third-order valence-electron chi connectivity index (χ3n) is 8.77. The van der Waals surface area contributed by atoms with Gasteiger partial charge in [-0.05, 0) is 46.1 Å². The topological polar surface area (TPSA) is 127 Å². The standard InChI is InChI=1S/C27H48N2O7/c1-10-21-27(8,33)24(31)17(4)22(29-36-20-11-12-28-14-20)15(2)13-26(7,34-9)19(6)16(3)23(30)18(5)25(32)35-21/h15-21,24,28,31,33H,10-14H2,1-9H3/t15-,16-,17+,18-,19-,20?,21-,24-,26-,27-/m1/s1. The maximum absolute atomic E-state index is 13.3. The van der Waals surface area contributed by atoms with E-state index in [1.807, 2.05) is 27.7 Å². The summed E-state index contributed by atoms with van der Waals surface area (Å²) in [6, 6.07) is 0. The van der Waals surface area contributed by atoms with E-state index in [1.54, 1.807) is 21.0 Å². The number of carbonyl (C=O) groups excluding carboxylic acids is 2. The van der Waals surface area contributed by atoms with Crippen molar-refractivity contribution < 1.29 is 34.1 Å². The third-order valence-corrected chi connectivity index (χ3v) is 8.77. The van der Waals surface area contributed by atoms with Crippen LogP contribution in [0.2, 0.25) is 0 Å². The molecule has 0 aromatic carbocycles. The lowest BCUT2D eigenvalue weighted by atomic mass is 9.71. The van der Waals surface area contributed by atoms with Gasteiger partial charge < -0.3 is 29.8 Å². The van der Waals surface area contributed by atoms with Crippen LogP contribution in [0.1, 0.15) is 74.7 Å². The number of nitrogens with zero attached hydrogens (tertiary/aromatic N) is 1. The Balaban J connectivity index is 2.57. The van der Waals surface area contributed by atoms with E-state index in [-0.39, 0.29) is 30.1 Å². The van der Waals surface area contributed by atoms with Crippen LogP contribution < -0.4 is 5.32 Å². The van der Waals surface area contributed by atoms with Gasteiger partial charge in [0.05, 0.1) is 17.4 Å². The van der Waals surface area contributed by atoms with Crippen molar-refractivity contribution in [3.63, 3.8) is 0 Å². The fourth-order valence-electron chi connectivity index (χ4n) is 5.65. The van der Waals surface area contributed by atoms with Crippen LogP contribution in [0.5, 0.6) is 0 Å². The summed E-state index contributed by atoms with van der Waals surface area (Å²) in [4.78, 5) is 32.1. The summed E-state index contributed by atoms with van der Waals surface area (Å²) in [5.41, 5.74) is -1.91. The van der Waals surface area contributed by atoms with Crippen molar-refractivity contribution in [3.05, 3.63) is 0 Å². The highest BCUT2D eigenvalue weighted by molar-refractivity contribution is 5.99. The average molecular weight is 513 g/mol. The summed E-state index contributed by atoms with van der Waals surface area (Å²) < 4.78 is 11.6. The van der Waals surface area contributed by atoms with Gasteiger partial charge >= 0.3 is 5.97 Å². The zero-order valence-electron chi connectivity index (χ0n) is 23.5. The van der Waals surface area contributed by atoms with Crippen molar-refractivity contribution in [1.29, 1.82) is 0 Å². The molecule has 10 atom stereocenters. The second-order valence-corrected chi connectivity index (χ2v) is 11.4. The molecule has 0 aromatic rings. The number of aliphatic hydroxyl groups excluding tert-OH is 1. The van der Waals surface area contributed by atoms with Gasteiger partial charge in [-0.2, -0.15) is 0 Å². The Hall–Kier alpha value is -1.55. The van der Waals surface area contributed by atoms with Crippen LogP contribution in [0.25, 0.3) is 0 Å². The zero-order valence-corrected chi connectivity index (χ0v) is 23.5. The molecule has 0 amide bonds. The number of rotatable bonds is 4. The molecule has 2 fully saturated rings. The molecule has 2 heterocycles. The molecule has 36 heavy (non-hydrogen) atoms. The summed E-state index contributed by atoms with van der Waals surface area (Å²) in [5.74, 6) is -3.45. The van der Waals surface area contributed by atoms with Gasteiger partial charge in [0.1, 0.15) is 29.5 Å². The third kappa shape index (κ3) is 6.47. The molecule has 0 aliphatic carbocycles. The van der Waals surface area contributed by atoms with E-state index in [0.29, 0.717) is 18.7 Å². The number of oxime groups is 1. The molecular formula is C27H48N2O7. The number of esters is 1. The number of cyclic esters (lactones) is 1. The van der Waals surface area contributed by atoms with Crippen LogP contribution in [0, 0.1) is 29.6 Å². The molecule has 9 nitrogen and oxygen atoms in total. The highest BCUT2D eigenvalue weighted by Gasteiger charge is 2.48. The Morgan fingerprint density at radius 2 is 1.78 bits per heavy atom. The Bertz CT molecular complexity index is 795. The molecule has 2 aliphatic heterocycles. The number of ether oxygens (including phenoxy) is 2. The minimum Gasteiger partial charge on any atom is -0.459 e. The number of ketones is 1. The SMILES string of the molecule is CC[C@H]1OC(=O)[C@H](C)C(=O)[C@H](C)[C@@H](C)[C@](C)(OC)C[C@@H](C)C(=NOC2CCNC2)[C@H](C)[C@@H](O)[C@]1(C)O. The van der Waals surface area contributed by atoms with Gasteiger partial charge in [0, 0.05) is 37.8 Å². The van der Waals surface area contributed by atoms with Crippen molar-refractivity contribution in [2.75, 3.05) is 20.2 Å². The first kappa shape index (κ1) is 30.7. The molecule has 3 N–H and O–H groups in total. The van der Waals surface area contributed by atoms with E-state index in [2.05, 4.69) is 10.5 Å². The minimum atomic E-state index is -1.78. The van der Waals surface area contributed by atoms with E-state index in [4.69, 9.17) is 14.3 Å². The van der Waals surface area contributed by atoms with E-state index in [1.165, 1.54) is 13.8 Å². The number of hydrogen-bond acceptors (Lipinski definition) is 9. The van der Waals surface area contributed by atoms with Crippen LogP contribution in [0.15, 0.2) is 5.16 Å². The molecule has 208 valence electrons. The van der Waals surface area contributed by atoms with Crippen molar-refractivity contribution in [3.8, 4) is 0 Å². The van der Waals surface area contributed by atoms with E-state index in [9.17, 15) is 19.8 Å². The van der Waals surface area contributed by atoms with Crippen LogP contribution in [0.3, 0.4) is 0 Å². The number of hydrogen-bond donors (Lipinski definition) is 3. The zero-order chi connectivity index (χ0) is 27.4. The van der Waals surface area contributed by atoms with Crippen molar-refractivity contribution >= 4 is 17.5 Å². The Morgan fingerprint density at radius 3 is 2.31 bits per heavy atom. The molecular weight excluding hydrogens is 464 g/mol. The van der Waals surface area contributed by atoms with Crippen LogP contribution in [-0.4, -0.2) is 77.4 Å². The highest BCUT2D eigenvalue weighted by Crippen LogP contribution is 2.38. The number of Topliss-reactive ketones (excluding diaryl/α,β-unsaturated/α-hetero) is 1. The van der Waals surface area contributed by atoms with E-state index < -0.39 is 47.1 Å². The van der Waals surface area contributed by atoms with E-state index in [0.717, 1.165) is 13.0 Å². The first-order chi connectivity index (χ1) is 16.7. The molecule has 0 spiro atoms. The summed E-state index contributed by atoms with van der Waals surface area (Å²) in [5, 5.41) is 30.6. The lowest BCUT2D eigenvalue weighted by Crippen LogP contribution is -2.56. The summed E-state index contributed by atoms with van der Waals surface area (Å²) in [6.07, 6.45) is -0.779. The lowest BCUT2D eigenvalue weighted by molar-refractivity contribution is -0.187. The number of nitrogens with one attached hydrogen (secondary N) is 1. The first-order valence-electron chi connectivity index (χ1n) is 13.3. The molecule has 2 rings (SSSR count). The lowest BCUT2D eigenvalue weighted by Gasteiger charge is -2.43. The van der Waals surface area contributed by atoms with E-state index >= 15 is 0 Å². The van der Waals surface area contributed by atoms with Gasteiger partial charge in [0.2, 0.25) is 0 Å². The van der Waals surface area contributed by atoms with Crippen molar-refractivity contribution in [2.24, 2.45) is 34.7 Å². The molecule has 9 heteroatoms. The monoisotopic (exact) mass is 512 g/mol. The molecule has 1 unspecified atom stereocenters. The molecule has 0 aromatic heterocycles. The average Bonchev–Trinajstić information content (AvgIpc) is 3.37. The smallest absolute Gasteiger partial charge is 0.316 e. The normalized spacial score (nSPS) is 44.8. The summed E-state index contributed by atoms with van der Waals surface area (Å²) >= 11 is 0. The highest BCUT2D eigenvalue weighted by atomic mass is 16.6. The van der Waals surface area contributed by atoms with Gasteiger partial charge in [-0.1, -0.05) is 39.8 Å². The first-order valence-corrected chi connectivity index (χ1v) is 13.3. The van der Waals surface area contributed by atoms with Gasteiger partial charge in [0.25, 0.3) is 0 Å². The van der Waals surface area contributed by atoms with Gasteiger partial charge in [0.15, 0.2) is 0 Å². The molecule has 0 radical (unpaired) electrons. The second-order valence-electron chi connectivity index (χ2n) is 11.4. The van der Waals surface area contributed by atoms with Crippen LogP contribution in [0.4, 0.5) is 0 Å². The fraction of sp³-hybridized carbons (Fsp3) is 0.889. The van der Waals surface area contributed by atoms with Crippen molar-refractivity contribution in [1.82, 2.24) is 5.32 Å². The Labute approximate surface area is 216 Å². The minimum absolute atomic E-state index is 0.0705. The van der Waals surface area contributed by atoms with Crippen LogP contribution >= 0.6 is 0 Å². The molecule has 2 saturated heterocycles. The Kier molecular flexibility index (Phi) is 10.5. The molecule has 0 saturated carbocycles. The quantitative estimate of drug-likeness (QED) is 0.298. The fourth-order valence-corrected chi connectivity index (χ4v) is 5.65. The Morgan fingerprint density at radius 1 is 1.14 bits per heavy atom. The predicted octanol–water partition coefficient (Wildman–Crippen LogP) is 2.71. The number of aliphatic hydroxyl groups is 2. The second kappa shape index (κ2) is 12.3. The largest absolute Gasteiger partial charge is 0.459 e. The maximum atomic E-state index is 13.3. The van der Waals surface area contributed by atoms with Gasteiger partial charge in [-0.25, -0.2) is 0 Å². The maximum Gasteiger partial charge on any atom is 0.316 e. The van der Waals surface area contributed by atoms with Gasteiger partial charge in [-0.15, -0.1) is 0 Å². The summed E-state index contributed by atoms with van der Waals surface area (Å²) in [7, 11) is 1.62. The summed E-state index contributed by atoms with van der Waals surface area (Å²) in [6.45, 7) is 15.8. The molecule has 2 aliphatic rings. The number of methoxy groups -OCH3 is 1. The molecule has 0 bridgehead atoms. The predicted molar refractivity (Wildman–Crippen MR) is 137 cm³/mol. The van der Waals surface area contributed by atoms with Crippen molar-refractivity contribution in [2.45, 2.75) is 104 Å². The number of carbonyl (C=O) groups is 2. The van der Waals surface area contributed by atoms with Crippen LogP contribution in [-0.2, 0) is 23.9 Å².